The molecule has 1 aromatic rings. The molecule has 4 nitrogen and oxygen atoms in total. The van der Waals surface area contributed by atoms with Crippen molar-refractivity contribution in [1.82, 2.24) is 10.2 Å². The van der Waals surface area contributed by atoms with Gasteiger partial charge < -0.3 is 10.2 Å². The fourth-order valence-corrected chi connectivity index (χ4v) is 2.04. The quantitative estimate of drug-likeness (QED) is 0.890. The van der Waals surface area contributed by atoms with Gasteiger partial charge >= 0.3 is 6.18 Å². The fourth-order valence-electron chi connectivity index (χ4n) is 1.68. The van der Waals surface area contributed by atoms with Crippen molar-refractivity contribution in [3.05, 3.63) is 33.8 Å². The molecule has 21 heavy (non-hydrogen) atoms. The van der Waals surface area contributed by atoms with Crippen LogP contribution in [0, 0.1) is 0 Å². The van der Waals surface area contributed by atoms with Gasteiger partial charge in [0.2, 0.25) is 5.91 Å². The third kappa shape index (κ3) is 4.73. The standard InChI is InChI=1S/C13H14BrF3N2O2/c1-3-18-11(20)7-19(2)12(21)9-5-4-8(14)6-10(9)13(15,16)17/h4-6H,3,7H2,1-2H3,(H,18,20). The Hall–Kier alpha value is -1.57. The zero-order valence-electron chi connectivity index (χ0n) is 11.4. The van der Waals surface area contributed by atoms with Crippen molar-refractivity contribution in [2.75, 3.05) is 20.1 Å². The number of amides is 2. The van der Waals surface area contributed by atoms with Gasteiger partial charge in [0.05, 0.1) is 17.7 Å². The van der Waals surface area contributed by atoms with Gasteiger partial charge in [-0.15, -0.1) is 0 Å². The summed E-state index contributed by atoms with van der Waals surface area (Å²) in [6.45, 7) is 1.78. The van der Waals surface area contributed by atoms with Crippen LogP contribution in [0.4, 0.5) is 13.2 Å². The molecular weight excluding hydrogens is 353 g/mol. The highest BCUT2D eigenvalue weighted by Crippen LogP contribution is 2.34. The van der Waals surface area contributed by atoms with Crippen molar-refractivity contribution in [3.63, 3.8) is 0 Å². The Morgan fingerprint density at radius 2 is 1.95 bits per heavy atom. The number of halogens is 4. The zero-order chi connectivity index (χ0) is 16.2. The molecule has 116 valence electrons. The van der Waals surface area contributed by atoms with Crippen LogP contribution in [-0.2, 0) is 11.0 Å². The van der Waals surface area contributed by atoms with Crippen molar-refractivity contribution in [2.45, 2.75) is 13.1 Å². The number of alkyl halides is 3. The van der Waals surface area contributed by atoms with Gasteiger partial charge in [0.15, 0.2) is 0 Å². The van der Waals surface area contributed by atoms with Gasteiger partial charge in [-0.2, -0.15) is 13.2 Å². The van der Waals surface area contributed by atoms with Crippen LogP contribution < -0.4 is 5.32 Å². The monoisotopic (exact) mass is 366 g/mol. The van der Waals surface area contributed by atoms with Crippen molar-refractivity contribution < 1.29 is 22.8 Å². The molecule has 0 aliphatic heterocycles. The normalized spacial score (nSPS) is 11.1. The van der Waals surface area contributed by atoms with Crippen LogP contribution >= 0.6 is 15.9 Å². The maximum atomic E-state index is 13.0. The molecular formula is C13H14BrF3N2O2. The first-order valence-electron chi connectivity index (χ1n) is 6.05. The van der Waals surface area contributed by atoms with Crippen LogP contribution in [0.2, 0.25) is 0 Å². The van der Waals surface area contributed by atoms with Crippen LogP contribution in [0.15, 0.2) is 22.7 Å². The third-order valence-corrected chi connectivity index (χ3v) is 3.11. The van der Waals surface area contributed by atoms with E-state index in [9.17, 15) is 22.8 Å². The summed E-state index contributed by atoms with van der Waals surface area (Å²) in [7, 11) is 1.28. The average Bonchev–Trinajstić information content (AvgIpc) is 2.37. The molecule has 0 aromatic heterocycles. The van der Waals surface area contributed by atoms with Gasteiger partial charge in [-0.05, 0) is 25.1 Å². The first kappa shape index (κ1) is 17.5. The number of likely N-dealkylation sites (N-methyl/N-ethyl adjacent to an activating group) is 2. The van der Waals surface area contributed by atoms with Crippen molar-refractivity contribution in [2.24, 2.45) is 0 Å². The van der Waals surface area contributed by atoms with Crippen LogP contribution in [0.5, 0.6) is 0 Å². The molecule has 0 radical (unpaired) electrons. The molecule has 1 aromatic carbocycles. The SMILES string of the molecule is CCNC(=O)CN(C)C(=O)c1ccc(Br)cc1C(F)(F)F. The Morgan fingerprint density at radius 3 is 2.48 bits per heavy atom. The number of nitrogens with zero attached hydrogens (tertiary/aromatic N) is 1. The van der Waals surface area contributed by atoms with Gasteiger partial charge in [0, 0.05) is 18.1 Å². The van der Waals surface area contributed by atoms with E-state index in [0.717, 1.165) is 17.0 Å². The fraction of sp³-hybridized carbons (Fsp3) is 0.385. The summed E-state index contributed by atoms with van der Waals surface area (Å²) in [5, 5.41) is 2.47. The lowest BCUT2D eigenvalue weighted by Gasteiger charge is -2.19. The van der Waals surface area contributed by atoms with E-state index >= 15 is 0 Å². The zero-order valence-corrected chi connectivity index (χ0v) is 13.0. The predicted octanol–water partition coefficient (Wildman–Crippen LogP) is 2.68. The lowest BCUT2D eigenvalue weighted by Crippen LogP contribution is -2.38. The number of nitrogens with one attached hydrogen (secondary N) is 1. The predicted molar refractivity (Wildman–Crippen MR) is 74.8 cm³/mol. The molecule has 0 unspecified atom stereocenters. The van der Waals surface area contributed by atoms with Crippen molar-refractivity contribution in [1.29, 1.82) is 0 Å². The molecule has 0 saturated heterocycles. The lowest BCUT2D eigenvalue weighted by molar-refractivity contribution is -0.138. The summed E-state index contributed by atoms with van der Waals surface area (Å²) in [5.74, 6) is -1.29. The Kier molecular flexibility index (Phi) is 5.77. The second kappa shape index (κ2) is 6.93. The largest absolute Gasteiger partial charge is 0.417 e. The number of hydrogen-bond acceptors (Lipinski definition) is 2. The summed E-state index contributed by atoms with van der Waals surface area (Å²) >= 11 is 2.95. The Balaban J connectivity index is 3.05. The van der Waals surface area contributed by atoms with Crippen LogP contribution in [-0.4, -0.2) is 36.9 Å². The summed E-state index contributed by atoms with van der Waals surface area (Å²) in [6, 6.07) is 3.28. The third-order valence-electron chi connectivity index (χ3n) is 2.62. The second-order valence-electron chi connectivity index (χ2n) is 4.30. The van der Waals surface area contributed by atoms with E-state index in [2.05, 4.69) is 21.2 Å². The number of carbonyl (C=O) groups is 2. The molecule has 0 aliphatic rings. The molecule has 0 heterocycles. The van der Waals surface area contributed by atoms with Gasteiger partial charge in [-0.1, -0.05) is 15.9 Å². The Morgan fingerprint density at radius 1 is 1.33 bits per heavy atom. The molecule has 1 rings (SSSR count). The van der Waals surface area contributed by atoms with Crippen LogP contribution in [0.3, 0.4) is 0 Å². The molecule has 1 N–H and O–H groups in total. The molecule has 0 atom stereocenters. The lowest BCUT2D eigenvalue weighted by atomic mass is 10.1. The van der Waals surface area contributed by atoms with Crippen molar-refractivity contribution >= 4 is 27.7 Å². The number of hydrogen-bond donors (Lipinski definition) is 1. The molecule has 2 amide bonds. The molecule has 0 aliphatic carbocycles. The second-order valence-corrected chi connectivity index (χ2v) is 5.22. The van der Waals surface area contributed by atoms with E-state index in [4.69, 9.17) is 0 Å². The summed E-state index contributed by atoms with van der Waals surface area (Å²) in [4.78, 5) is 24.4. The summed E-state index contributed by atoms with van der Waals surface area (Å²) in [5.41, 5.74) is -1.53. The minimum atomic E-state index is -4.65. The van der Waals surface area contributed by atoms with Gasteiger partial charge in [-0.3, -0.25) is 9.59 Å². The molecule has 8 heteroatoms. The molecule has 0 fully saturated rings. The van der Waals surface area contributed by atoms with Gasteiger partial charge in [0.25, 0.3) is 5.91 Å². The Bertz CT molecular complexity index is 547. The summed E-state index contributed by atoms with van der Waals surface area (Å²) < 4.78 is 39.1. The van der Waals surface area contributed by atoms with E-state index in [1.54, 1.807) is 6.92 Å². The van der Waals surface area contributed by atoms with Gasteiger partial charge in [-0.25, -0.2) is 0 Å². The number of rotatable bonds is 4. The minimum absolute atomic E-state index is 0.220. The maximum absolute atomic E-state index is 13.0. The molecule has 0 spiro atoms. The van der Waals surface area contributed by atoms with E-state index in [1.807, 2.05) is 0 Å². The van der Waals surface area contributed by atoms with E-state index in [0.29, 0.717) is 6.54 Å². The highest BCUT2D eigenvalue weighted by molar-refractivity contribution is 9.10. The van der Waals surface area contributed by atoms with E-state index in [-0.39, 0.29) is 11.0 Å². The van der Waals surface area contributed by atoms with Crippen molar-refractivity contribution in [3.8, 4) is 0 Å². The highest BCUT2D eigenvalue weighted by atomic mass is 79.9. The van der Waals surface area contributed by atoms with E-state index < -0.39 is 29.1 Å². The Labute approximate surface area is 128 Å². The number of carbonyl (C=O) groups excluding carboxylic acids is 2. The topological polar surface area (TPSA) is 49.4 Å². The molecule has 0 bridgehead atoms. The van der Waals surface area contributed by atoms with E-state index in [1.165, 1.54) is 13.1 Å². The first-order valence-corrected chi connectivity index (χ1v) is 6.85. The number of benzene rings is 1. The minimum Gasteiger partial charge on any atom is -0.355 e. The van der Waals surface area contributed by atoms with Crippen LogP contribution in [0.1, 0.15) is 22.8 Å². The average molecular weight is 367 g/mol. The maximum Gasteiger partial charge on any atom is 0.417 e. The summed E-state index contributed by atoms with van der Waals surface area (Å²) in [6.07, 6.45) is -4.65. The smallest absolute Gasteiger partial charge is 0.355 e. The highest BCUT2D eigenvalue weighted by Gasteiger charge is 2.36. The first-order chi connectivity index (χ1) is 9.66. The molecule has 0 saturated carbocycles. The van der Waals surface area contributed by atoms with Crippen LogP contribution in [0.25, 0.3) is 0 Å². The van der Waals surface area contributed by atoms with Gasteiger partial charge in [0.1, 0.15) is 0 Å².